The van der Waals surface area contributed by atoms with Gasteiger partial charge in [-0.05, 0) is 25.0 Å². The second kappa shape index (κ2) is 5.60. The lowest BCUT2D eigenvalue weighted by Crippen LogP contribution is -2.39. The fourth-order valence-corrected chi connectivity index (χ4v) is 2.24. The first-order chi connectivity index (χ1) is 7.84. The van der Waals surface area contributed by atoms with E-state index >= 15 is 0 Å². The van der Waals surface area contributed by atoms with Crippen LogP contribution in [0.15, 0.2) is 18.3 Å². The lowest BCUT2D eigenvalue weighted by Gasteiger charge is -2.17. The molecule has 2 atom stereocenters. The largest absolute Gasteiger partial charge is 0.326 e. The third kappa shape index (κ3) is 4.09. The minimum absolute atomic E-state index is 0.412. The highest BCUT2D eigenvalue weighted by Gasteiger charge is 2.23. The average Bonchev–Trinajstić information content (AvgIpc) is 2.27. The van der Waals surface area contributed by atoms with Crippen molar-refractivity contribution in [2.75, 3.05) is 6.26 Å². The van der Waals surface area contributed by atoms with E-state index in [1.807, 2.05) is 18.3 Å². The van der Waals surface area contributed by atoms with Crippen molar-refractivity contribution in [3.8, 4) is 0 Å². The first kappa shape index (κ1) is 14.1. The Labute approximate surface area is 103 Å². The Morgan fingerprint density at radius 3 is 2.47 bits per heavy atom. The van der Waals surface area contributed by atoms with E-state index in [9.17, 15) is 8.42 Å². The van der Waals surface area contributed by atoms with Gasteiger partial charge in [-0.1, -0.05) is 13.0 Å². The van der Waals surface area contributed by atoms with Crippen LogP contribution in [0.4, 0.5) is 0 Å². The Balaban J connectivity index is 2.71. The van der Waals surface area contributed by atoms with Gasteiger partial charge in [-0.2, -0.15) is 0 Å². The number of pyridine rings is 1. The first-order valence-electron chi connectivity index (χ1n) is 5.72. The van der Waals surface area contributed by atoms with Gasteiger partial charge in [0.05, 0.1) is 5.25 Å². The summed E-state index contributed by atoms with van der Waals surface area (Å²) in [5.41, 5.74) is 7.89. The maximum absolute atomic E-state index is 11.4. The van der Waals surface area contributed by atoms with Gasteiger partial charge in [0.1, 0.15) is 0 Å². The maximum atomic E-state index is 11.4. The lowest BCUT2D eigenvalue weighted by atomic mass is 10.1. The monoisotopic (exact) mass is 256 g/mol. The minimum Gasteiger partial charge on any atom is -0.326 e. The molecule has 2 unspecified atom stereocenters. The Morgan fingerprint density at radius 1 is 1.41 bits per heavy atom. The van der Waals surface area contributed by atoms with E-state index in [0.29, 0.717) is 6.42 Å². The molecule has 5 heteroatoms. The topological polar surface area (TPSA) is 73.1 Å². The van der Waals surface area contributed by atoms with Crippen molar-refractivity contribution in [2.45, 2.75) is 38.0 Å². The Bertz CT molecular complexity index is 454. The molecule has 2 N–H and O–H groups in total. The quantitative estimate of drug-likeness (QED) is 0.851. The lowest BCUT2D eigenvalue weighted by molar-refractivity contribution is 0.560. The Kier molecular flexibility index (Phi) is 4.65. The number of sulfone groups is 1. The fourth-order valence-electron chi connectivity index (χ4n) is 1.51. The molecule has 0 saturated carbocycles. The number of aryl methyl sites for hydroxylation is 1. The molecule has 1 aromatic rings. The number of nitrogens with zero attached hydrogens (tertiary/aromatic N) is 1. The molecule has 1 aromatic heterocycles. The smallest absolute Gasteiger partial charge is 0.151 e. The van der Waals surface area contributed by atoms with E-state index < -0.39 is 21.1 Å². The fraction of sp³-hybridized carbons (Fsp3) is 0.583. The Hall–Kier alpha value is -0.940. The second-order valence-corrected chi connectivity index (χ2v) is 6.82. The number of nitrogens with two attached hydrogens (primary N) is 1. The summed E-state index contributed by atoms with van der Waals surface area (Å²) in [4.78, 5) is 4.28. The van der Waals surface area contributed by atoms with E-state index in [1.165, 1.54) is 11.8 Å². The van der Waals surface area contributed by atoms with Gasteiger partial charge < -0.3 is 5.73 Å². The van der Waals surface area contributed by atoms with Gasteiger partial charge in [-0.15, -0.1) is 0 Å². The highest BCUT2D eigenvalue weighted by Crippen LogP contribution is 2.09. The summed E-state index contributed by atoms with van der Waals surface area (Å²) in [7, 11) is -3.09. The molecule has 0 amide bonds. The molecular formula is C12H20N2O2S. The van der Waals surface area contributed by atoms with Crippen molar-refractivity contribution in [3.63, 3.8) is 0 Å². The van der Waals surface area contributed by atoms with E-state index in [-0.39, 0.29) is 0 Å². The molecule has 0 aliphatic rings. The molecule has 0 aliphatic heterocycles. The van der Waals surface area contributed by atoms with Gasteiger partial charge in [0.15, 0.2) is 9.84 Å². The molecule has 17 heavy (non-hydrogen) atoms. The van der Waals surface area contributed by atoms with Crippen LogP contribution < -0.4 is 5.73 Å². The van der Waals surface area contributed by atoms with Crippen LogP contribution in [0.5, 0.6) is 0 Å². The van der Waals surface area contributed by atoms with Crippen molar-refractivity contribution in [1.82, 2.24) is 4.98 Å². The van der Waals surface area contributed by atoms with Gasteiger partial charge in [0.25, 0.3) is 0 Å². The Morgan fingerprint density at radius 2 is 2.06 bits per heavy atom. The number of hydrogen-bond donors (Lipinski definition) is 1. The average molecular weight is 256 g/mol. The zero-order chi connectivity index (χ0) is 13.1. The maximum Gasteiger partial charge on any atom is 0.151 e. The summed E-state index contributed by atoms with van der Waals surface area (Å²) in [5.74, 6) is 0. The molecule has 96 valence electrons. The first-order valence-corrected chi connectivity index (χ1v) is 7.68. The van der Waals surface area contributed by atoms with Crippen LogP contribution in [0.3, 0.4) is 0 Å². The molecule has 0 aliphatic carbocycles. The standard InChI is InChI=1S/C12H20N2O2S/c1-4-10-5-6-11(14-8-10)7-12(13)9(2)17(3,15)16/h5-6,8-9,12H,4,7,13H2,1-3H3. The van der Waals surface area contributed by atoms with Gasteiger partial charge in [0, 0.05) is 30.6 Å². The van der Waals surface area contributed by atoms with Crippen LogP contribution in [0.25, 0.3) is 0 Å². The third-order valence-corrected chi connectivity index (χ3v) is 4.72. The summed E-state index contributed by atoms with van der Waals surface area (Å²) in [5, 5.41) is -0.546. The molecule has 0 saturated heterocycles. The van der Waals surface area contributed by atoms with Crippen LogP contribution in [0.1, 0.15) is 25.1 Å². The summed E-state index contributed by atoms with van der Waals surface area (Å²) < 4.78 is 22.7. The van der Waals surface area contributed by atoms with Crippen LogP contribution >= 0.6 is 0 Å². The molecule has 1 rings (SSSR count). The number of hydrogen-bond acceptors (Lipinski definition) is 4. The highest BCUT2D eigenvalue weighted by atomic mass is 32.2. The van der Waals surface area contributed by atoms with Crippen LogP contribution in [0.2, 0.25) is 0 Å². The molecular weight excluding hydrogens is 236 g/mol. The van der Waals surface area contributed by atoms with Crippen molar-refractivity contribution in [1.29, 1.82) is 0 Å². The van der Waals surface area contributed by atoms with Crippen molar-refractivity contribution < 1.29 is 8.42 Å². The van der Waals surface area contributed by atoms with Crippen molar-refractivity contribution in [2.24, 2.45) is 5.73 Å². The van der Waals surface area contributed by atoms with Crippen molar-refractivity contribution in [3.05, 3.63) is 29.6 Å². The predicted octanol–water partition coefficient (Wildman–Crippen LogP) is 0.947. The molecule has 1 heterocycles. The van der Waals surface area contributed by atoms with E-state index in [1.54, 1.807) is 6.92 Å². The highest BCUT2D eigenvalue weighted by molar-refractivity contribution is 7.91. The molecule has 0 radical (unpaired) electrons. The number of rotatable bonds is 5. The molecule has 0 aromatic carbocycles. The van der Waals surface area contributed by atoms with Crippen LogP contribution in [-0.4, -0.2) is 30.9 Å². The zero-order valence-electron chi connectivity index (χ0n) is 10.6. The van der Waals surface area contributed by atoms with Gasteiger partial charge in [-0.25, -0.2) is 8.42 Å². The third-order valence-electron chi connectivity index (χ3n) is 3.02. The van der Waals surface area contributed by atoms with Gasteiger partial charge >= 0.3 is 0 Å². The molecule has 0 fully saturated rings. The van der Waals surface area contributed by atoms with E-state index in [2.05, 4.69) is 11.9 Å². The van der Waals surface area contributed by atoms with E-state index in [0.717, 1.165) is 12.1 Å². The summed E-state index contributed by atoms with van der Waals surface area (Å²) in [6.45, 7) is 3.70. The van der Waals surface area contributed by atoms with E-state index in [4.69, 9.17) is 5.73 Å². The second-order valence-electron chi connectivity index (χ2n) is 4.41. The minimum atomic E-state index is -3.09. The molecule has 0 bridgehead atoms. The van der Waals surface area contributed by atoms with Crippen molar-refractivity contribution >= 4 is 9.84 Å². The SMILES string of the molecule is CCc1ccc(CC(N)C(C)S(C)(=O)=O)nc1. The predicted molar refractivity (Wildman–Crippen MR) is 69.6 cm³/mol. The zero-order valence-corrected chi connectivity index (χ0v) is 11.4. The normalized spacial score (nSPS) is 15.5. The summed E-state index contributed by atoms with van der Waals surface area (Å²) >= 11 is 0. The van der Waals surface area contributed by atoms with Crippen LogP contribution in [0, 0.1) is 0 Å². The summed E-state index contributed by atoms with van der Waals surface area (Å²) in [6.07, 6.45) is 4.45. The molecule has 4 nitrogen and oxygen atoms in total. The van der Waals surface area contributed by atoms with Gasteiger partial charge in [-0.3, -0.25) is 4.98 Å². The van der Waals surface area contributed by atoms with Gasteiger partial charge in [0.2, 0.25) is 0 Å². The summed E-state index contributed by atoms with van der Waals surface area (Å²) in [6, 6.07) is 3.50. The van der Waals surface area contributed by atoms with Crippen LogP contribution in [-0.2, 0) is 22.7 Å². The molecule has 0 spiro atoms. The number of aromatic nitrogens is 1.